The molecule has 0 aromatic carbocycles. The van der Waals surface area contributed by atoms with Crippen LogP contribution in [0.4, 0.5) is 5.82 Å². The van der Waals surface area contributed by atoms with Gasteiger partial charge in [-0.15, -0.1) is 0 Å². The topological polar surface area (TPSA) is 71.5 Å². The molecule has 4 unspecified atom stereocenters. The molecule has 4 rings (SSSR count). The molecule has 3 aliphatic rings. The van der Waals surface area contributed by atoms with Crippen molar-refractivity contribution in [3.8, 4) is 0 Å². The van der Waals surface area contributed by atoms with Gasteiger partial charge in [-0.3, -0.25) is 5.43 Å². The van der Waals surface area contributed by atoms with E-state index in [2.05, 4.69) is 52.6 Å². The van der Waals surface area contributed by atoms with Crippen molar-refractivity contribution in [2.75, 3.05) is 24.6 Å². The van der Waals surface area contributed by atoms with Crippen LogP contribution in [0, 0.1) is 5.92 Å². The Bertz CT molecular complexity index is 613. The third kappa shape index (κ3) is 3.86. The normalized spacial score (nSPS) is 34.9. The fourth-order valence-corrected chi connectivity index (χ4v) is 4.55. The number of hydrogen-bond donors (Lipinski definition) is 2. The summed E-state index contributed by atoms with van der Waals surface area (Å²) in [6, 6.07) is 2.85. The van der Waals surface area contributed by atoms with Gasteiger partial charge < -0.3 is 14.4 Å². The van der Waals surface area contributed by atoms with E-state index in [1.54, 1.807) is 6.33 Å². The number of nitrogens with zero attached hydrogens (tertiary/aromatic N) is 3. The van der Waals surface area contributed by atoms with Gasteiger partial charge in [0.2, 0.25) is 0 Å². The molecule has 0 radical (unpaired) electrons. The Morgan fingerprint density at radius 1 is 1.27 bits per heavy atom. The fourth-order valence-electron chi connectivity index (χ4n) is 4.55. The number of fused-ring (bicyclic) bond motifs is 1. The third-order valence-corrected chi connectivity index (χ3v) is 5.73. The number of hydrazine groups is 1. The highest BCUT2D eigenvalue weighted by atomic mass is 16.5. The van der Waals surface area contributed by atoms with Crippen molar-refractivity contribution in [3.05, 3.63) is 18.1 Å². The van der Waals surface area contributed by atoms with Crippen LogP contribution in [0.3, 0.4) is 0 Å². The second-order valence-electron chi connectivity index (χ2n) is 8.09. The quantitative estimate of drug-likeness (QED) is 0.847. The minimum atomic E-state index is 0.207. The minimum Gasteiger partial charge on any atom is -0.376 e. The van der Waals surface area contributed by atoms with Crippen molar-refractivity contribution in [1.29, 1.82) is 0 Å². The fraction of sp³-hybridized carbons (Fsp3) is 0.789. The summed E-state index contributed by atoms with van der Waals surface area (Å²) in [5.74, 6) is 1.50. The summed E-state index contributed by atoms with van der Waals surface area (Å²) in [7, 11) is 0. The summed E-state index contributed by atoms with van der Waals surface area (Å²) in [6.07, 6.45) is 5.91. The lowest BCUT2D eigenvalue weighted by Crippen LogP contribution is -2.41. The number of aromatic nitrogens is 2. The van der Waals surface area contributed by atoms with Crippen LogP contribution < -0.4 is 15.8 Å². The van der Waals surface area contributed by atoms with E-state index in [4.69, 9.17) is 9.47 Å². The van der Waals surface area contributed by atoms with Crippen molar-refractivity contribution in [1.82, 2.24) is 20.8 Å². The highest BCUT2D eigenvalue weighted by Crippen LogP contribution is 2.39. The van der Waals surface area contributed by atoms with E-state index in [0.717, 1.165) is 50.5 Å². The molecule has 7 heteroatoms. The first-order valence-corrected chi connectivity index (χ1v) is 9.95. The van der Waals surface area contributed by atoms with E-state index in [9.17, 15) is 0 Å². The van der Waals surface area contributed by atoms with Gasteiger partial charge in [-0.05, 0) is 40.0 Å². The zero-order chi connectivity index (χ0) is 18.1. The van der Waals surface area contributed by atoms with Gasteiger partial charge in [-0.1, -0.05) is 0 Å². The molecule has 7 nitrogen and oxygen atoms in total. The second kappa shape index (κ2) is 7.76. The van der Waals surface area contributed by atoms with Crippen LogP contribution in [0.1, 0.15) is 51.8 Å². The SMILES string of the molecule is CC(C)OC1CCC2NNC(c3cc(N4CCO[C@@H](C)C4)ncn3)C2C1. The van der Waals surface area contributed by atoms with Gasteiger partial charge in [0.05, 0.1) is 36.7 Å². The predicted octanol–water partition coefficient (Wildman–Crippen LogP) is 1.81. The van der Waals surface area contributed by atoms with E-state index in [-0.39, 0.29) is 18.2 Å². The summed E-state index contributed by atoms with van der Waals surface area (Å²) in [6.45, 7) is 8.86. The van der Waals surface area contributed by atoms with Gasteiger partial charge in [0.25, 0.3) is 0 Å². The van der Waals surface area contributed by atoms with Crippen LogP contribution in [0.25, 0.3) is 0 Å². The molecule has 2 aliphatic heterocycles. The first kappa shape index (κ1) is 18.1. The van der Waals surface area contributed by atoms with Crippen molar-refractivity contribution in [2.45, 2.75) is 70.4 Å². The van der Waals surface area contributed by atoms with Gasteiger partial charge in [-0.2, -0.15) is 0 Å². The van der Waals surface area contributed by atoms with Crippen molar-refractivity contribution in [3.63, 3.8) is 0 Å². The average molecular weight is 361 g/mol. The first-order chi connectivity index (χ1) is 12.6. The first-order valence-electron chi connectivity index (χ1n) is 9.95. The lowest BCUT2D eigenvalue weighted by atomic mass is 9.79. The highest BCUT2D eigenvalue weighted by Gasteiger charge is 2.42. The van der Waals surface area contributed by atoms with E-state index in [0.29, 0.717) is 18.1 Å². The van der Waals surface area contributed by atoms with Crippen LogP contribution in [-0.4, -0.2) is 54.0 Å². The standard InChI is InChI=1S/C19H31N5O2/c1-12(2)26-14-4-5-16-15(8-14)19(23-22-16)17-9-18(21-11-20-17)24-6-7-25-13(3)10-24/h9,11-16,19,22-23H,4-8,10H2,1-3H3/t13-,14?,15?,16?,19?/m0/s1. The van der Waals surface area contributed by atoms with E-state index in [1.807, 2.05) is 0 Å². The van der Waals surface area contributed by atoms with Gasteiger partial charge in [-0.25, -0.2) is 15.4 Å². The number of nitrogens with one attached hydrogen (secondary N) is 2. The van der Waals surface area contributed by atoms with Crippen LogP contribution in [0.5, 0.6) is 0 Å². The zero-order valence-corrected chi connectivity index (χ0v) is 16.0. The molecule has 3 heterocycles. The Morgan fingerprint density at radius 2 is 2.15 bits per heavy atom. The number of anilines is 1. The van der Waals surface area contributed by atoms with E-state index >= 15 is 0 Å². The summed E-state index contributed by atoms with van der Waals surface area (Å²) >= 11 is 0. The molecular formula is C19H31N5O2. The Morgan fingerprint density at radius 3 is 2.96 bits per heavy atom. The number of hydrogen-bond acceptors (Lipinski definition) is 7. The Hall–Kier alpha value is -1.28. The van der Waals surface area contributed by atoms with Gasteiger partial charge in [0.1, 0.15) is 12.1 Å². The molecule has 1 aromatic rings. The molecule has 5 atom stereocenters. The van der Waals surface area contributed by atoms with Crippen molar-refractivity contribution in [2.24, 2.45) is 5.92 Å². The van der Waals surface area contributed by atoms with Crippen molar-refractivity contribution < 1.29 is 9.47 Å². The molecule has 2 N–H and O–H groups in total. The molecule has 0 bridgehead atoms. The molecule has 0 spiro atoms. The van der Waals surface area contributed by atoms with E-state index in [1.165, 1.54) is 0 Å². The highest BCUT2D eigenvalue weighted by molar-refractivity contribution is 5.40. The summed E-state index contributed by atoms with van der Waals surface area (Å²) < 4.78 is 11.8. The zero-order valence-electron chi connectivity index (χ0n) is 16.0. The molecule has 2 saturated heterocycles. The van der Waals surface area contributed by atoms with Crippen LogP contribution >= 0.6 is 0 Å². The molecule has 0 amide bonds. The maximum absolute atomic E-state index is 6.10. The number of morpholine rings is 1. The smallest absolute Gasteiger partial charge is 0.132 e. The molecule has 3 fully saturated rings. The van der Waals surface area contributed by atoms with Gasteiger partial charge in [0.15, 0.2) is 0 Å². The molecule has 1 aliphatic carbocycles. The molecule has 26 heavy (non-hydrogen) atoms. The lowest BCUT2D eigenvalue weighted by molar-refractivity contribution is -0.0276. The van der Waals surface area contributed by atoms with Crippen LogP contribution in [0.2, 0.25) is 0 Å². The summed E-state index contributed by atoms with van der Waals surface area (Å²) in [4.78, 5) is 11.4. The maximum Gasteiger partial charge on any atom is 0.132 e. The third-order valence-electron chi connectivity index (χ3n) is 5.73. The largest absolute Gasteiger partial charge is 0.376 e. The van der Waals surface area contributed by atoms with E-state index < -0.39 is 0 Å². The summed E-state index contributed by atoms with van der Waals surface area (Å²) in [5.41, 5.74) is 8.04. The Balaban J connectivity index is 1.49. The van der Waals surface area contributed by atoms with Crippen LogP contribution in [-0.2, 0) is 9.47 Å². The number of rotatable bonds is 4. The second-order valence-corrected chi connectivity index (χ2v) is 8.09. The lowest BCUT2D eigenvalue weighted by Gasteiger charge is -2.34. The van der Waals surface area contributed by atoms with Crippen LogP contribution in [0.15, 0.2) is 12.4 Å². The maximum atomic E-state index is 6.10. The predicted molar refractivity (Wildman–Crippen MR) is 99.8 cm³/mol. The molecule has 1 saturated carbocycles. The Labute approximate surface area is 155 Å². The van der Waals surface area contributed by atoms with Crippen molar-refractivity contribution >= 4 is 5.82 Å². The average Bonchev–Trinajstić information content (AvgIpc) is 3.04. The summed E-state index contributed by atoms with van der Waals surface area (Å²) in [5, 5.41) is 0. The molecule has 1 aromatic heterocycles. The Kier molecular flexibility index (Phi) is 5.40. The van der Waals surface area contributed by atoms with Gasteiger partial charge in [0, 0.05) is 31.1 Å². The van der Waals surface area contributed by atoms with Gasteiger partial charge >= 0.3 is 0 Å². The number of ether oxygens (including phenoxy) is 2. The minimum absolute atomic E-state index is 0.207. The molecule has 144 valence electrons. The molecular weight excluding hydrogens is 330 g/mol. The monoisotopic (exact) mass is 361 g/mol.